The first-order valence-corrected chi connectivity index (χ1v) is 9.36. The smallest absolute Gasteiger partial charge is 0.358 e. The van der Waals surface area contributed by atoms with Gasteiger partial charge in [-0.25, -0.2) is 9.48 Å². The lowest BCUT2D eigenvalue weighted by Crippen LogP contribution is -2.46. The van der Waals surface area contributed by atoms with E-state index in [2.05, 4.69) is 50.4 Å². The minimum Gasteiger partial charge on any atom is -0.461 e. The van der Waals surface area contributed by atoms with Crippen LogP contribution in [-0.4, -0.2) is 65.2 Å². The van der Waals surface area contributed by atoms with Gasteiger partial charge in [0.25, 0.3) is 0 Å². The quantitative estimate of drug-likeness (QED) is 0.532. The minimum atomic E-state index is -0.352. The van der Waals surface area contributed by atoms with Gasteiger partial charge in [0.05, 0.1) is 12.8 Å². The van der Waals surface area contributed by atoms with Crippen molar-refractivity contribution in [1.29, 1.82) is 0 Å². The topological polar surface area (TPSA) is 63.5 Å². The zero-order valence-corrected chi connectivity index (χ0v) is 15.4. The molecule has 0 bridgehead atoms. The molecular weight excluding hydrogens is 330 g/mol. The third-order valence-electron chi connectivity index (χ3n) is 4.69. The maximum Gasteiger partial charge on any atom is 0.358 e. The second-order valence-corrected chi connectivity index (χ2v) is 6.43. The number of aromatic nitrogens is 3. The Hall–Kier alpha value is -2.41. The summed E-state index contributed by atoms with van der Waals surface area (Å²) in [5.74, 6) is -0.352. The SMILES string of the molecule is CCOC(=O)c1cnnn1CCCCN1CCN(c2ccccc2)CC1. The summed E-state index contributed by atoms with van der Waals surface area (Å²) in [6.45, 7) is 8.24. The zero-order chi connectivity index (χ0) is 18.2. The molecule has 0 N–H and O–H groups in total. The fourth-order valence-corrected chi connectivity index (χ4v) is 3.25. The minimum absolute atomic E-state index is 0.352. The van der Waals surface area contributed by atoms with Crippen molar-refractivity contribution in [3.05, 3.63) is 42.2 Å². The van der Waals surface area contributed by atoms with Crippen LogP contribution in [0.2, 0.25) is 0 Å². The fraction of sp³-hybridized carbons (Fsp3) is 0.526. The van der Waals surface area contributed by atoms with Crippen molar-refractivity contribution in [2.24, 2.45) is 0 Å². The van der Waals surface area contributed by atoms with Crippen LogP contribution in [0.1, 0.15) is 30.3 Å². The Morgan fingerprint density at radius 2 is 1.81 bits per heavy atom. The van der Waals surface area contributed by atoms with Gasteiger partial charge in [-0.2, -0.15) is 0 Å². The van der Waals surface area contributed by atoms with Crippen LogP contribution < -0.4 is 4.90 Å². The number of esters is 1. The van der Waals surface area contributed by atoms with Crippen LogP contribution in [0.5, 0.6) is 0 Å². The second kappa shape index (κ2) is 9.33. The highest BCUT2D eigenvalue weighted by molar-refractivity contribution is 5.87. The summed E-state index contributed by atoms with van der Waals surface area (Å²) in [4.78, 5) is 16.8. The number of piperazine rings is 1. The van der Waals surface area contributed by atoms with Gasteiger partial charge in [-0.05, 0) is 38.4 Å². The van der Waals surface area contributed by atoms with Crippen LogP contribution >= 0.6 is 0 Å². The van der Waals surface area contributed by atoms with Crippen LogP contribution in [0.3, 0.4) is 0 Å². The van der Waals surface area contributed by atoms with Gasteiger partial charge in [0.1, 0.15) is 0 Å². The molecule has 2 heterocycles. The van der Waals surface area contributed by atoms with Gasteiger partial charge in [-0.1, -0.05) is 23.4 Å². The maximum absolute atomic E-state index is 11.8. The van der Waals surface area contributed by atoms with Crippen LogP contribution in [0.25, 0.3) is 0 Å². The summed E-state index contributed by atoms with van der Waals surface area (Å²) >= 11 is 0. The summed E-state index contributed by atoms with van der Waals surface area (Å²) in [5.41, 5.74) is 1.74. The molecule has 1 aromatic carbocycles. The normalized spacial score (nSPS) is 15.2. The lowest BCUT2D eigenvalue weighted by atomic mass is 10.2. The van der Waals surface area contributed by atoms with Gasteiger partial charge in [0, 0.05) is 38.4 Å². The molecule has 0 amide bonds. The molecule has 2 aromatic rings. The highest BCUT2D eigenvalue weighted by Gasteiger charge is 2.17. The molecule has 1 aliphatic rings. The highest BCUT2D eigenvalue weighted by atomic mass is 16.5. The number of rotatable bonds is 8. The van der Waals surface area contributed by atoms with E-state index in [0.717, 1.165) is 45.6 Å². The van der Waals surface area contributed by atoms with Crippen molar-refractivity contribution in [1.82, 2.24) is 19.9 Å². The number of carbonyl (C=O) groups is 1. The van der Waals surface area contributed by atoms with Crippen molar-refractivity contribution >= 4 is 11.7 Å². The number of benzene rings is 1. The number of hydrogen-bond donors (Lipinski definition) is 0. The second-order valence-electron chi connectivity index (χ2n) is 6.43. The Balaban J connectivity index is 1.36. The first-order chi connectivity index (χ1) is 12.8. The van der Waals surface area contributed by atoms with Gasteiger partial charge in [0.15, 0.2) is 5.69 Å². The predicted molar refractivity (Wildman–Crippen MR) is 100 cm³/mol. The molecule has 7 nitrogen and oxygen atoms in total. The molecule has 1 fully saturated rings. The molecular formula is C19H27N5O2. The van der Waals surface area contributed by atoms with E-state index in [0.29, 0.717) is 18.8 Å². The van der Waals surface area contributed by atoms with Crippen molar-refractivity contribution in [2.45, 2.75) is 26.3 Å². The molecule has 26 heavy (non-hydrogen) atoms. The third kappa shape index (κ3) is 4.82. The number of ether oxygens (including phenoxy) is 1. The Labute approximate surface area is 154 Å². The van der Waals surface area contributed by atoms with Gasteiger partial charge >= 0.3 is 5.97 Å². The Kier molecular flexibility index (Phi) is 6.60. The molecule has 1 aliphatic heterocycles. The van der Waals surface area contributed by atoms with E-state index in [4.69, 9.17) is 4.74 Å². The molecule has 1 saturated heterocycles. The largest absolute Gasteiger partial charge is 0.461 e. The molecule has 0 aliphatic carbocycles. The van der Waals surface area contributed by atoms with E-state index >= 15 is 0 Å². The summed E-state index contributed by atoms with van der Waals surface area (Å²) in [5, 5.41) is 7.82. The number of carbonyl (C=O) groups excluding carboxylic acids is 1. The third-order valence-corrected chi connectivity index (χ3v) is 4.69. The molecule has 0 spiro atoms. The van der Waals surface area contributed by atoms with E-state index in [9.17, 15) is 4.79 Å². The van der Waals surface area contributed by atoms with Crippen molar-refractivity contribution in [3.8, 4) is 0 Å². The standard InChI is InChI=1S/C19H27N5O2/c1-2-26-19(25)18-16-20-21-24(18)11-7-6-10-22-12-14-23(15-13-22)17-8-4-3-5-9-17/h3-5,8-9,16H,2,6-7,10-15H2,1H3. The number of hydrogen-bond acceptors (Lipinski definition) is 6. The monoisotopic (exact) mass is 357 g/mol. The number of unbranched alkanes of at least 4 members (excludes halogenated alkanes) is 1. The summed E-state index contributed by atoms with van der Waals surface area (Å²) in [6.07, 6.45) is 3.52. The molecule has 1 aromatic heterocycles. The van der Waals surface area contributed by atoms with Gasteiger partial charge in [-0.3, -0.25) is 4.90 Å². The summed E-state index contributed by atoms with van der Waals surface area (Å²) < 4.78 is 6.67. The fourth-order valence-electron chi connectivity index (χ4n) is 3.25. The molecule has 7 heteroatoms. The van der Waals surface area contributed by atoms with Crippen molar-refractivity contribution in [2.75, 3.05) is 44.2 Å². The van der Waals surface area contributed by atoms with E-state index in [-0.39, 0.29) is 5.97 Å². The first kappa shape index (κ1) is 18.4. The summed E-state index contributed by atoms with van der Waals surface area (Å²) in [7, 11) is 0. The van der Waals surface area contributed by atoms with Gasteiger partial charge in [0.2, 0.25) is 0 Å². The Morgan fingerprint density at radius 1 is 1.08 bits per heavy atom. The van der Waals surface area contributed by atoms with E-state index < -0.39 is 0 Å². The van der Waals surface area contributed by atoms with E-state index in [1.807, 2.05) is 0 Å². The lowest BCUT2D eigenvalue weighted by molar-refractivity contribution is 0.0511. The van der Waals surface area contributed by atoms with Crippen molar-refractivity contribution < 1.29 is 9.53 Å². The first-order valence-electron chi connectivity index (χ1n) is 9.36. The Bertz CT molecular complexity index is 680. The molecule has 3 rings (SSSR count). The van der Waals surface area contributed by atoms with Crippen LogP contribution in [0.4, 0.5) is 5.69 Å². The number of anilines is 1. The highest BCUT2D eigenvalue weighted by Crippen LogP contribution is 2.15. The van der Waals surface area contributed by atoms with Crippen LogP contribution in [-0.2, 0) is 11.3 Å². The average Bonchev–Trinajstić information content (AvgIpc) is 3.15. The van der Waals surface area contributed by atoms with Crippen molar-refractivity contribution in [3.63, 3.8) is 0 Å². The van der Waals surface area contributed by atoms with E-state index in [1.54, 1.807) is 11.6 Å². The molecule has 0 atom stereocenters. The molecule has 0 unspecified atom stereocenters. The van der Waals surface area contributed by atoms with Crippen LogP contribution in [0.15, 0.2) is 36.5 Å². The maximum atomic E-state index is 11.8. The Morgan fingerprint density at radius 3 is 2.54 bits per heavy atom. The molecule has 140 valence electrons. The zero-order valence-electron chi connectivity index (χ0n) is 15.4. The van der Waals surface area contributed by atoms with Gasteiger partial charge in [-0.15, -0.1) is 5.10 Å². The lowest BCUT2D eigenvalue weighted by Gasteiger charge is -2.36. The number of para-hydroxylation sites is 1. The number of aryl methyl sites for hydroxylation is 1. The molecule has 0 radical (unpaired) electrons. The molecule has 0 saturated carbocycles. The predicted octanol–water partition coefficient (Wildman–Crippen LogP) is 2.06. The van der Waals surface area contributed by atoms with Crippen LogP contribution in [0, 0.1) is 0 Å². The van der Waals surface area contributed by atoms with E-state index in [1.165, 1.54) is 11.9 Å². The number of nitrogens with zero attached hydrogens (tertiary/aromatic N) is 5. The average molecular weight is 357 g/mol. The summed E-state index contributed by atoms with van der Waals surface area (Å²) in [6, 6.07) is 10.6. The van der Waals surface area contributed by atoms with Gasteiger partial charge < -0.3 is 9.64 Å².